The molecule has 0 spiro atoms. The predicted octanol–water partition coefficient (Wildman–Crippen LogP) is -2.48. The van der Waals surface area contributed by atoms with E-state index in [0.717, 1.165) is 6.07 Å². The van der Waals surface area contributed by atoms with Crippen LogP contribution in [0.5, 0.6) is 0 Å². The van der Waals surface area contributed by atoms with Gasteiger partial charge in [-0.05, 0) is 6.07 Å². The number of aliphatic hydroxyl groups excluding tert-OH is 4. The second-order valence-electron chi connectivity index (χ2n) is 5.08. The Hall–Kier alpha value is -1.78. The van der Waals surface area contributed by atoms with Crippen LogP contribution in [0.3, 0.4) is 0 Å². The van der Waals surface area contributed by atoms with Gasteiger partial charge in [-0.25, -0.2) is 0 Å². The quantitative estimate of drug-likeness (QED) is 0.356. The number of aromatic amines is 1. The minimum Gasteiger partial charge on any atom is -0.481 e. The molecule has 1 aliphatic rings. The van der Waals surface area contributed by atoms with E-state index >= 15 is 0 Å². The zero-order valence-electron chi connectivity index (χ0n) is 11.4. The van der Waals surface area contributed by atoms with Crippen LogP contribution in [-0.2, 0) is 16.0 Å². The first-order chi connectivity index (χ1) is 10.3. The Bertz CT molecular complexity index is 598. The summed E-state index contributed by atoms with van der Waals surface area (Å²) in [4.78, 5) is 24.6. The molecule has 1 aliphatic heterocycles. The number of carboxylic acids is 1. The molecule has 0 saturated carbocycles. The summed E-state index contributed by atoms with van der Waals surface area (Å²) in [5, 5.41) is 47.6. The van der Waals surface area contributed by atoms with Crippen LogP contribution in [0.15, 0.2) is 16.9 Å². The van der Waals surface area contributed by atoms with Gasteiger partial charge in [0.25, 0.3) is 0 Å². The number of aliphatic carboxylic acids is 1. The number of rotatable bonds is 4. The average molecular weight is 315 g/mol. The molecule has 0 unspecified atom stereocenters. The highest BCUT2D eigenvalue weighted by atomic mass is 16.5. The van der Waals surface area contributed by atoms with Gasteiger partial charge in [-0.1, -0.05) is 0 Å². The fourth-order valence-electron chi connectivity index (χ4n) is 2.45. The van der Waals surface area contributed by atoms with E-state index in [1.54, 1.807) is 0 Å². The van der Waals surface area contributed by atoms with Gasteiger partial charge in [0, 0.05) is 17.3 Å². The standard InChI is InChI=1S/C13H17NO8/c15-4-7-10(19)11(20)12(21)13(22-7)5-1-2-8(16)14-6(5)3-9(17)18/h1-2,7,10-13,15,19-21H,3-4H2,(H,14,16)(H,17,18)/t7-,10-,11-,12-,13-/m1/s1. The summed E-state index contributed by atoms with van der Waals surface area (Å²) >= 11 is 0. The van der Waals surface area contributed by atoms with E-state index in [-0.39, 0.29) is 11.3 Å². The van der Waals surface area contributed by atoms with E-state index in [4.69, 9.17) is 14.9 Å². The zero-order chi connectivity index (χ0) is 16.4. The van der Waals surface area contributed by atoms with Crippen molar-refractivity contribution in [3.63, 3.8) is 0 Å². The molecule has 0 bridgehead atoms. The highest BCUT2D eigenvalue weighted by molar-refractivity contribution is 5.70. The number of carboxylic acid groups (broad SMARTS) is 1. The minimum absolute atomic E-state index is 0.0179. The molecule has 2 heterocycles. The third kappa shape index (κ3) is 3.18. The van der Waals surface area contributed by atoms with E-state index in [0.29, 0.717) is 0 Å². The maximum atomic E-state index is 11.3. The number of aromatic nitrogens is 1. The zero-order valence-corrected chi connectivity index (χ0v) is 11.4. The summed E-state index contributed by atoms with van der Waals surface area (Å²) in [7, 11) is 0. The number of ether oxygens (including phenoxy) is 1. The van der Waals surface area contributed by atoms with Gasteiger partial charge in [0.2, 0.25) is 5.56 Å². The van der Waals surface area contributed by atoms with Gasteiger partial charge in [0.1, 0.15) is 30.5 Å². The lowest BCUT2D eigenvalue weighted by Crippen LogP contribution is -2.55. The number of nitrogens with one attached hydrogen (secondary N) is 1. The number of hydrogen-bond donors (Lipinski definition) is 6. The number of carbonyl (C=O) groups is 1. The number of hydrogen-bond acceptors (Lipinski definition) is 7. The maximum Gasteiger partial charge on any atom is 0.309 e. The molecule has 1 aromatic rings. The van der Waals surface area contributed by atoms with E-state index in [9.17, 15) is 24.9 Å². The molecular formula is C13H17NO8. The SMILES string of the molecule is O=C(O)Cc1[nH]c(=O)ccc1[C@H]1O[C@H](CO)[C@@H](O)[C@@H](O)[C@H]1O. The average Bonchev–Trinajstić information content (AvgIpc) is 2.46. The number of pyridine rings is 1. The molecule has 9 nitrogen and oxygen atoms in total. The summed E-state index contributed by atoms with van der Waals surface area (Å²) < 4.78 is 5.35. The molecule has 0 aliphatic carbocycles. The van der Waals surface area contributed by atoms with Crippen molar-refractivity contribution in [1.29, 1.82) is 0 Å². The maximum absolute atomic E-state index is 11.3. The number of H-pyrrole nitrogens is 1. The lowest BCUT2D eigenvalue weighted by molar-refractivity contribution is -0.232. The topological polar surface area (TPSA) is 160 Å². The third-order valence-corrected chi connectivity index (χ3v) is 3.56. The summed E-state index contributed by atoms with van der Waals surface area (Å²) in [6.07, 6.45) is -7.46. The van der Waals surface area contributed by atoms with Crippen LogP contribution in [-0.4, -0.2) is 67.5 Å². The van der Waals surface area contributed by atoms with Gasteiger partial charge in [-0.3, -0.25) is 9.59 Å². The molecule has 0 radical (unpaired) electrons. The van der Waals surface area contributed by atoms with Crippen molar-refractivity contribution in [2.45, 2.75) is 36.9 Å². The Morgan fingerprint density at radius 3 is 2.45 bits per heavy atom. The highest BCUT2D eigenvalue weighted by Crippen LogP contribution is 2.33. The van der Waals surface area contributed by atoms with Crippen molar-refractivity contribution in [3.05, 3.63) is 33.7 Å². The Kier molecular flexibility index (Phi) is 4.94. The molecule has 1 saturated heterocycles. The Labute approximate surface area is 124 Å². The van der Waals surface area contributed by atoms with Gasteiger partial charge < -0.3 is 35.3 Å². The summed E-state index contributed by atoms with van der Waals surface area (Å²) in [6, 6.07) is 2.41. The lowest BCUT2D eigenvalue weighted by Gasteiger charge is -2.40. The van der Waals surface area contributed by atoms with Crippen LogP contribution in [0.25, 0.3) is 0 Å². The molecule has 1 aromatic heterocycles. The van der Waals surface area contributed by atoms with Crippen LogP contribution < -0.4 is 5.56 Å². The predicted molar refractivity (Wildman–Crippen MR) is 71.1 cm³/mol. The van der Waals surface area contributed by atoms with Gasteiger partial charge in [-0.2, -0.15) is 0 Å². The molecule has 2 rings (SSSR count). The largest absolute Gasteiger partial charge is 0.481 e. The molecule has 6 N–H and O–H groups in total. The normalized spacial score (nSPS) is 31.9. The molecular weight excluding hydrogens is 298 g/mol. The van der Waals surface area contributed by atoms with Gasteiger partial charge in [0.05, 0.1) is 13.0 Å². The van der Waals surface area contributed by atoms with Gasteiger partial charge in [0.15, 0.2) is 0 Å². The van der Waals surface area contributed by atoms with Crippen LogP contribution >= 0.6 is 0 Å². The Balaban J connectivity index is 2.41. The van der Waals surface area contributed by atoms with E-state index in [2.05, 4.69) is 4.98 Å². The van der Waals surface area contributed by atoms with Gasteiger partial charge in [-0.15, -0.1) is 0 Å². The molecule has 122 valence electrons. The van der Waals surface area contributed by atoms with Crippen molar-refractivity contribution in [3.8, 4) is 0 Å². The van der Waals surface area contributed by atoms with E-state index in [1.165, 1.54) is 6.07 Å². The van der Waals surface area contributed by atoms with Crippen molar-refractivity contribution >= 4 is 5.97 Å². The monoisotopic (exact) mass is 315 g/mol. The van der Waals surface area contributed by atoms with Crippen LogP contribution in [0.4, 0.5) is 0 Å². The number of aliphatic hydroxyl groups is 4. The molecule has 0 aromatic carbocycles. The van der Waals surface area contributed by atoms with E-state index < -0.39 is 55.1 Å². The smallest absolute Gasteiger partial charge is 0.309 e. The van der Waals surface area contributed by atoms with Crippen LogP contribution in [0.1, 0.15) is 17.4 Å². The van der Waals surface area contributed by atoms with Crippen molar-refractivity contribution in [2.24, 2.45) is 0 Å². The van der Waals surface area contributed by atoms with Crippen molar-refractivity contribution < 1.29 is 35.1 Å². The fourth-order valence-corrected chi connectivity index (χ4v) is 2.45. The second-order valence-corrected chi connectivity index (χ2v) is 5.08. The summed E-state index contributed by atoms with van der Waals surface area (Å²) in [5.41, 5.74) is -0.340. The molecule has 5 atom stereocenters. The lowest BCUT2D eigenvalue weighted by atomic mass is 9.90. The van der Waals surface area contributed by atoms with Gasteiger partial charge >= 0.3 is 5.97 Å². The second kappa shape index (κ2) is 6.55. The molecule has 1 fully saturated rings. The first-order valence-electron chi connectivity index (χ1n) is 6.59. The van der Waals surface area contributed by atoms with Crippen LogP contribution in [0.2, 0.25) is 0 Å². The highest BCUT2D eigenvalue weighted by Gasteiger charge is 2.44. The first kappa shape index (κ1) is 16.6. The third-order valence-electron chi connectivity index (χ3n) is 3.56. The first-order valence-corrected chi connectivity index (χ1v) is 6.59. The fraction of sp³-hybridized carbons (Fsp3) is 0.538. The van der Waals surface area contributed by atoms with E-state index in [1.807, 2.05) is 0 Å². The summed E-state index contributed by atoms with van der Waals surface area (Å²) in [5.74, 6) is -1.20. The van der Waals surface area contributed by atoms with Crippen molar-refractivity contribution in [1.82, 2.24) is 4.98 Å². The minimum atomic E-state index is -1.58. The summed E-state index contributed by atoms with van der Waals surface area (Å²) in [6.45, 7) is -0.598. The molecule has 0 amide bonds. The molecule has 22 heavy (non-hydrogen) atoms. The van der Waals surface area contributed by atoms with Crippen LogP contribution in [0, 0.1) is 0 Å². The Morgan fingerprint density at radius 1 is 1.18 bits per heavy atom. The molecule has 9 heteroatoms. The van der Waals surface area contributed by atoms with Crippen molar-refractivity contribution in [2.75, 3.05) is 6.61 Å². The Morgan fingerprint density at radius 2 is 1.86 bits per heavy atom.